The number of rotatable bonds is 6. The largest absolute Gasteiger partial charge is 0.299 e. The van der Waals surface area contributed by atoms with Gasteiger partial charge in [-0.1, -0.05) is 19.9 Å². The summed E-state index contributed by atoms with van der Waals surface area (Å²) in [6.45, 7) is 6.30. The molecule has 0 bridgehead atoms. The van der Waals surface area contributed by atoms with Crippen molar-refractivity contribution in [3.05, 3.63) is 64.0 Å². The molecule has 1 saturated heterocycles. The lowest BCUT2D eigenvalue weighted by molar-refractivity contribution is -0.115. The number of halogens is 1. The van der Waals surface area contributed by atoms with Crippen LogP contribution >= 0.6 is 0 Å². The number of carbonyl (C=O) groups excluding carboxylic acids is 2. The Bertz CT molecular complexity index is 1040. The Morgan fingerprint density at radius 3 is 2.61 bits per heavy atom. The number of piperidine rings is 1. The number of hydrogen-bond acceptors (Lipinski definition) is 5. The normalized spacial score (nSPS) is 17.4. The number of nitrogens with zero attached hydrogens (tertiary/aromatic N) is 3. The van der Waals surface area contributed by atoms with Gasteiger partial charge in [-0.05, 0) is 72.7 Å². The van der Waals surface area contributed by atoms with Crippen molar-refractivity contribution in [3.63, 3.8) is 0 Å². The number of carbonyl (C=O) groups is 2. The number of hydrogen-bond donors (Lipinski definition) is 0. The highest BCUT2D eigenvalue weighted by atomic mass is 19.1. The molecule has 162 valence electrons. The van der Waals surface area contributed by atoms with Crippen LogP contribution in [0.25, 0.3) is 6.08 Å². The van der Waals surface area contributed by atoms with E-state index < -0.39 is 5.82 Å². The van der Waals surface area contributed by atoms with E-state index in [-0.39, 0.29) is 29.6 Å². The SMILES string of the molecule is CCC(=O)c1ncc(C2CCN(Cc3cnc4c(c3)CC(=O)C(CC)=C4)CC2)cc1F. The van der Waals surface area contributed by atoms with E-state index >= 15 is 0 Å². The Morgan fingerprint density at radius 2 is 1.94 bits per heavy atom. The third kappa shape index (κ3) is 4.64. The highest BCUT2D eigenvalue weighted by Crippen LogP contribution is 2.30. The molecule has 2 aromatic heterocycles. The molecule has 1 aliphatic carbocycles. The number of allylic oxidation sites excluding steroid dienone is 1. The van der Waals surface area contributed by atoms with Crippen molar-refractivity contribution in [2.24, 2.45) is 0 Å². The van der Waals surface area contributed by atoms with Crippen molar-refractivity contribution in [2.45, 2.75) is 58.4 Å². The van der Waals surface area contributed by atoms with E-state index in [2.05, 4.69) is 20.9 Å². The first-order valence-corrected chi connectivity index (χ1v) is 11.1. The zero-order valence-corrected chi connectivity index (χ0v) is 18.2. The molecule has 0 aromatic carbocycles. The van der Waals surface area contributed by atoms with Gasteiger partial charge in [-0.15, -0.1) is 0 Å². The Balaban J connectivity index is 1.37. The van der Waals surface area contributed by atoms with Gasteiger partial charge in [0.2, 0.25) is 0 Å². The van der Waals surface area contributed by atoms with Crippen LogP contribution in [-0.2, 0) is 17.8 Å². The van der Waals surface area contributed by atoms with Crippen molar-refractivity contribution in [1.29, 1.82) is 0 Å². The van der Waals surface area contributed by atoms with Gasteiger partial charge in [0.15, 0.2) is 17.4 Å². The molecule has 5 nitrogen and oxygen atoms in total. The van der Waals surface area contributed by atoms with Crippen LogP contribution in [-0.4, -0.2) is 39.5 Å². The van der Waals surface area contributed by atoms with Crippen molar-refractivity contribution in [2.75, 3.05) is 13.1 Å². The molecular weight excluding hydrogens is 393 g/mol. The van der Waals surface area contributed by atoms with Gasteiger partial charge < -0.3 is 0 Å². The predicted octanol–water partition coefficient (Wildman–Crippen LogP) is 4.51. The summed E-state index contributed by atoms with van der Waals surface area (Å²) in [7, 11) is 0. The first kappa shape index (κ1) is 21.5. The molecule has 2 aliphatic rings. The van der Waals surface area contributed by atoms with Gasteiger partial charge in [0.05, 0.1) is 5.69 Å². The Morgan fingerprint density at radius 1 is 1.16 bits per heavy atom. The molecule has 0 atom stereocenters. The summed E-state index contributed by atoms with van der Waals surface area (Å²) in [4.78, 5) is 35.0. The van der Waals surface area contributed by atoms with Gasteiger partial charge in [0.25, 0.3) is 0 Å². The predicted molar refractivity (Wildman–Crippen MR) is 117 cm³/mol. The lowest BCUT2D eigenvalue weighted by Gasteiger charge is -2.32. The maximum atomic E-state index is 14.3. The molecule has 0 radical (unpaired) electrons. The van der Waals surface area contributed by atoms with E-state index in [4.69, 9.17) is 0 Å². The Hall–Kier alpha value is -2.73. The first-order valence-electron chi connectivity index (χ1n) is 11.1. The molecule has 4 rings (SSSR count). The summed E-state index contributed by atoms with van der Waals surface area (Å²) in [6.07, 6.45) is 8.76. The number of likely N-dealkylation sites (tertiary alicyclic amines) is 1. The zero-order valence-electron chi connectivity index (χ0n) is 18.2. The highest BCUT2D eigenvalue weighted by Gasteiger charge is 2.24. The van der Waals surface area contributed by atoms with E-state index in [1.54, 1.807) is 13.1 Å². The van der Waals surface area contributed by atoms with Crippen molar-refractivity contribution >= 4 is 17.6 Å². The number of ketones is 2. The summed E-state index contributed by atoms with van der Waals surface area (Å²) >= 11 is 0. The second kappa shape index (κ2) is 9.18. The second-order valence-electron chi connectivity index (χ2n) is 8.44. The summed E-state index contributed by atoms with van der Waals surface area (Å²) in [5, 5.41) is 0. The third-order valence-corrected chi connectivity index (χ3v) is 6.37. The topological polar surface area (TPSA) is 63.2 Å². The van der Waals surface area contributed by atoms with Crippen molar-refractivity contribution in [3.8, 4) is 0 Å². The molecule has 1 aliphatic heterocycles. The molecule has 31 heavy (non-hydrogen) atoms. The molecule has 0 spiro atoms. The van der Waals surface area contributed by atoms with Gasteiger partial charge in [-0.2, -0.15) is 0 Å². The average Bonchev–Trinajstić information content (AvgIpc) is 2.78. The van der Waals surface area contributed by atoms with E-state index in [9.17, 15) is 14.0 Å². The number of pyridine rings is 2. The third-order valence-electron chi connectivity index (χ3n) is 6.37. The second-order valence-corrected chi connectivity index (χ2v) is 8.44. The van der Waals surface area contributed by atoms with Gasteiger partial charge in [-0.3, -0.25) is 19.5 Å². The fourth-order valence-electron chi connectivity index (χ4n) is 4.49. The molecular formula is C25H28FN3O2. The Kier molecular flexibility index (Phi) is 6.37. The standard InChI is InChI=1S/C25H28FN3O2/c1-3-17-11-22-19(12-24(17)31)9-16(13-27-22)15-29-7-5-18(6-8-29)20-10-21(26)25(28-14-20)23(30)4-2/h9-11,13-14,18H,3-8,12,15H2,1-2H3. The Labute approximate surface area is 182 Å². The molecule has 3 heterocycles. The molecule has 0 unspecified atom stereocenters. The quantitative estimate of drug-likeness (QED) is 0.643. The van der Waals surface area contributed by atoms with Crippen LogP contribution in [0.1, 0.15) is 78.3 Å². The van der Waals surface area contributed by atoms with Crippen LogP contribution < -0.4 is 0 Å². The zero-order chi connectivity index (χ0) is 22.0. The van der Waals surface area contributed by atoms with Crippen LogP contribution in [0.3, 0.4) is 0 Å². The summed E-state index contributed by atoms with van der Waals surface area (Å²) in [6, 6.07) is 3.59. The van der Waals surface area contributed by atoms with Gasteiger partial charge in [-0.25, -0.2) is 9.37 Å². The lowest BCUT2D eigenvalue weighted by Crippen LogP contribution is -2.32. The minimum atomic E-state index is -0.512. The van der Waals surface area contributed by atoms with Crippen LogP contribution in [0.5, 0.6) is 0 Å². The van der Waals surface area contributed by atoms with Gasteiger partial charge in [0, 0.05) is 31.8 Å². The lowest BCUT2D eigenvalue weighted by atomic mass is 9.89. The molecule has 0 saturated carbocycles. The van der Waals surface area contributed by atoms with Crippen LogP contribution in [0.15, 0.2) is 30.1 Å². The fourth-order valence-corrected chi connectivity index (χ4v) is 4.49. The number of aromatic nitrogens is 2. The summed E-state index contributed by atoms with van der Waals surface area (Å²) in [5.41, 5.74) is 4.72. The number of Topliss-reactive ketones (excluding diaryl/α,β-unsaturated/α-hetero) is 2. The summed E-state index contributed by atoms with van der Waals surface area (Å²) in [5.74, 6) is -0.328. The van der Waals surface area contributed by atoms with Crippen molar-refractivity contribution < 1.29 is 14.0 Å². The van der Waals surface area contributed by atoms with Gasteiger partial charge in [0.1, 0.15) is 5.69 Å². The first-order chi connectivity index (χ1) is 15.0. The van der Waals surface area contributed by atoms with Crippen LogP contribution in [0.2, 0.25) is 0 Å². The van der Waals surface area contributed by atoms with E-state index in [0.29, 0.717) is 6.42 Å². The van der Waals surface area contributed by atoms with Crippen LogP contribution in [0.4, 0.5) is 4.39 Å². The minimum absolute atomic E-state index is 0.0528. The average molecular weight is 422 g/mol. The highest BCUT2D eigenvalue weighted by molar-refractivity contribution is 6.03. The van der Waals surface area contributed by atoms with Crippen LogP contribution in [0, 0.1) is 5.82 Å². The van der Waals surface area contributed by atoms with Gasteiger partial charge >= 0.3 is 0 Å². The molecule has 6 heteroatoms. The van der Waals surface area contributed by atoms with E-state index in [1.807, 2.05) is 19.2 Å². The fraction of sp³-hybridized carbons (Fsp3) is 0.440. The van der Waals surface area contributed by atoms with E-state index in [0.717, 1.165) is 66.9 Å². The molecule has 1 fully saturated rings. The molecule has 0 N–H and O–H groups in total. The van der Waals surface area contributed by atoms with Crippen molar-refractivity contribution in [1.82, 2.24) is 14.9 Å². The number of fused-ring (bicyclic) bond motifs is 1. The smallest absolute Gasteiger partial charge is 0.183 e. The molecule has 0 amide bonds. The van der Waals surface area contributed by atoms with E-state index in [1.165, 1.54) is 6.07 Å². The monoisotopic (exact) mass is 421 g/mol. The summed E-state index contributed by atoms with van der Waals surface area (Å²) < 4.78 is 14.3. The maximum absolute atomic E-state index is 14.3. The maximum Gasteiger partial charge on any atom is 0.183 e. The molecule has 2 aromatic rings. The minimum Gasteiger partial charge on any atom is -0.299 e.